The van der Waals surface area contributed by atoms with E-state index in [1.807, 2.05) is 6.92 Å². The lowest BCUT2D eigenvalue weighted by Crippen LogP contribution is -2.51. The summed E-state index contributed by atoms with van der Waals surface area (Å²) in [6, 6.07) is 6.18. The second kappa shape index (κ2) is 8.14. The van der Waals surface area contributed by atoms with Crippen molar-refractivity contribution < 1.29 is 13.2 Å². The first-order valence-electron chi connectivity index (χ1n) is 8.05. The molecule has 1 amide bonds. The van der Waals surface area contributed by atoms with Gasteiger partial charge >= 0.3 is 0 Å². The summed E-state index contributed by atoms with van der Waals surface area (Å²) < 4.78 is 26.7. The van der Waals surface area contributed by atoms with E-state index in [-0.39, 0.29) is 11.9 Å². The number of sulfonamides is 1. The molecule has 1 heterocycles. The Balaban J connectivity index is 1.99. The lowest BCUT2D eigenvalue weighted by Gasteiger charge is -2.35. The number of nitrogens with zero attached hydrogens (tertiary/aromatic N) is 1. The quantitative estimate of drug-likeness (QED) is 0.866. The fourth-order valence-electron chi connectivity index (χ4n) is 2.75. The molecule has 24 heavy (non-hydrogen) atoms. The topological polar surface area (TPSA) is 66.5 Å². The molecule has 1 aromatic rings. The third-order valence-electron chi connectivity index (χ3n) is 4.11. The second-order valence-electron chi connectivity index (χ2n) is 6.12. The van der Waals surface area contributed by atoms with Crippen molar-refractivity contribution in [1.82, 2.24) is 9.62 Å². The zero-order chi connectivity index (χ0) is 17.7. The zero-order valence-electron chi connectivity index (χ0n) is 13.9. The standard InChI is InChI=1S/C17H23ClN2O3S/c1-13-5-3-4-11-20(13)17(21)14(2)19-24(22,23)12-10-15-6-8-16(18)9-7-15/h6-10,12-14,19H,3-5,11H2,1-2H3/b12-10+. The van der Waals surface area contributed by atoms with E-state index in [9.17, 15) is 13.2 Å². The Morgan fingerprint density at radius 2 is 2.00 bits per heavy atom. The Bertz CT molecular complexity index is 701. The Kier molecular flexibility index (Phi) is 6.43. The number of likely N-dealkylation sites (tertiary alicyclic amines) is 1. The van der Waals surface area contributed by atoms with E-state index in [2.05, 4.69) is 4.72 Å². The molecule has 0 saturated carbocycles. The van der Waals surface area contributed by atoms with Crippen LogP contribution in [0.25, 0.3) is 6.08 Å². The normalized spacial score (nSPS) is 20.3. The van der Waals surface area contributed by atoms with Crippen LogP contribution in [0.3, 0.4) is 0 Å². The monoisotopic (exact) mass is 370 g/mol. The minimum absolute atomic E-state index is 0.155. The Labute approximate surface area is 148 Å². The predicted molar refractivity (Wildman–Crippen MR) is 97.0 cm³/mol. The molecule has 0 aromatic heterocycles. The number of hydrogen-bond acceptors (Lipinski definition) is 3. The molecule has 5 nitrogen and oxygen atoms in total. The van der Waals surface area contributed by atoms with Gasteiger partial charge in [-0.05, 0) is 56.9 Å². The largest absolute Gasteiger partial charge is 0.339 e. The second-order valence-corrected chi connectivity index (χ2v) is 8.15. The molecule has 1 aliphatic heterocycles. The summed E-state index contributed by atoms with van der Waals surface area (Å²) in [5.41, 5.74) is 0.716. The average molecular weight is 371 g/mol. The molecule has 0 aliphatic carbocycles. The number of amides is 1. The first-order chi connectivity index (χ1) is 11.3. The van der Waals surface area contributed by atoms with Crippen LogP contribution in [0.4, 0.5) is 0 Å². The van der Waals surface area contributed by atoms with E-state index in [0.29, 0.717) is 17.1 Å². The van der Waals surface area contributed by atoms with Crippen LogP contribution in [0.1, 0.15) is 38.7 Å². The molecule has 1 fully saturated rings. The first kappa shape index (κ1) is 19.0. The van der Waals surface area contributed by atoms with Gasteiger partial charge in [-0.3, -0.25) is 4.79 Å². The highest BCUT2D eigenvalue weighted by Crippen LogP contribution is 2.17. The van der Waals surface area contributed by atoms with Crippen molar-refractivity contribution in [3.63, 3.8) is 0 Å². The van der Waals surface area contributed by atoms with Crippen LogP contribution < -0.4 is 4.72 Å². The number of carbonyl (C=O) groups excluding carboxylic acids is 1. The van der Waals surface area contributed by atoms with Crippen molar-refractivity contribution in [2.45, 2.75) is 45.2 Å². The predicted octanol–water partition coefficient (Wildman–Crippen LogP) is 3.02. The van der Waals surface area contributed by atoms with Crippen molar-refractivity contribution >= 4 is 33.6 Å². The molecule has 132 valence electrons. The number of nitrogens with one attached hydrogen (secondary N) is 1. The Morgan fingerprint density at radius 3 is 2.62 bits per heavy atom. The molecule has 2 unspecified atom stereocenters. The highest BCUT2D eigenvalue weighted by atomic mass is 35.5. The van der Waals surface area contributed by atoms with Crippen LogP contribution in [0, 0.1) is 0 Å². The molecule has 2 atom stereocenters. The molecule has 2 rings (SSSR count). The molecule has 1 saturated heterocycles. The van der Waals surface area contributed by atoms with Gasteiger partial charge in [0.2, 0.25) is 15.9 Å². The molecule has 7 heteroatoms. The van der Waals surface area contributed by atoms with Crippen molar-refractivity contribution in [1.29, 1.82) is 0 Å². The maximum absolute atomic E-state index is 12.5. The molecule has 1 aliphatic rings. The fraction of sp³-hybridized carbons (Fsp3) is 0.471. The molecule has 1 aromatic carbocycles. The maximum atomic E-state index is 12.5. The number of piperidine rings is 1. The van der Waals surface area contributed by atoms with Crippen molar-refractivity contribution in [3.05, 3.63) is 40.3 Å². The van der Waals surface area contributed by atoms with E-state index < -0.39 is 16.1 Å². The number of hydrogen-bond donors (Lipinski definition) is 1. The third-order valence-corrected chi connectivity index (χ3v) is 5.54. The lowest BCUT2D eigenvalue weighted by molar-refractivity contribution is -0.135. The van der Waals surface area contributed by atoms with Gasteiger partial charge in [0.15, 0.2) is 0 Å². The van der Waals surface area contributed by atoms with Gasteiger partial charge in [-0.2, -0.15) is 4.72 Å². The van der Waals surface area contributed by atoms with Crippen molar-refractivity contribution in [3.8, 4) is 0 Å². The minimum atomic E-state index is -3.70. The van der Waals surface area contributed by atoms with Crippen LogP contribution in [0.5, 0.6) is 0 Å². The Morgan fingerprint density at radius 1 is 1.33 bits per heavy atom. The SMILES string of the molecule is CC(NS(=O)(=O)/C=C/c1ccc(Cl)cc1)C(=O)N1CCCCC1C. The molecule has 0 radical (unpaired) electrons. The van der Waals surface area contributed by atoms with Gasteiger partial charge in [-0.1, -0.05) is 23.7 Å². The fourth-order valence-corrected chi connectivity index (χ4v) is 3.89. The Hall–Kier alpha value is -1.37. The summed E-state index contributed by atoms with van der Waals surface area (Å²) in [6.45, 7) is 4.27. The third kappa shape index (κ3) is 5.33. The molecular weight excluding hydrogens is 348 g/mol. The summed E-state index contributed by atoms with van der Waals surface area (Å²) in [5, 5.41) is 1.66. The molecule has 0 bridgehead atoms. The van der Waals surface area contributed by atoms with E-state index in [0.717, 1.165) is 24.7 Å². The molecule has 1 N–H and O–H groups in total. The molecular formula is C17H23ClN2O3S. The number of benzene rings is 1. The summed E-state index contributed by atoms with van der Waals surface area (Å²) in [4.78, 5) is 14.2. The van der Waals surface area contributed by atoms with Crippen LogP contribution in [-0.4, -0.2) is 37.9 Å². The van der Waals surface area contributed by atoms with E-state index in [1.165, 1.54) is 6.08 Å². The summed E-state index contributed by atoms with van der Waals surface area (Å²) in [6.07, 6.45) is 4.50. The van der Waals surface area contributed by atoms with Gasteiger partial charge in [0.25, 0.3) is 0 Å². The zero-order valence-corrected chi connectivity index (χ0v) is 15.5. The smallest absolute Gasteiger partial charge is 0.240 e. The van der Waals surface area contributed by atoms with E-state index in [1.54, 1.807) is 36.1 Å². The summed E-state index contributed by atoms with van der Waals surface area (Å²) in [7, 11) is -3.70. The maximum Gasteiger partial charge on any atom is 0.240 e. The minimum Gasteiger partial charge on any atom is -0.339 e. The molecule has 0 spiro atoms. The summed E-state index contributed by atoms with van der Waals surface area (Å²) in [5.74, 6) is -0.175. The van der Waals surface area contributed by atoms with Gasteiger partial charge in [0, 0.05) is 23.0 Å². The van der Waals surface area contributed by atoms with E-state index >= 15 is 0 Å². The van der Waals surface area contributed by atoms with Crippen LogP contribution in [0.15, 0.2) is 29.7 Å². The average Bonchev–Trinajstić information content (AvgIpc) is 2.54. The van der Waals surface area contributed by atoms with Gasteiger partial charge in [-0.25, -0.2) is 8.42 Å². The summed E-state index contributed by atoms with van der Waals surface area (Å²) >= 11 is 5.79. The van der Waals surface area contributed by atoms with E-state index in [4.69, 9.17) is 11.6 Å². The highest BCUT2D eigenvalue weighted by molar-refractivity contribution is 7.92. The lowest BCUT2D eigenvalue weighted by atomic mass is 10.0. The van der Waals surface area contributed by atoms with Crippen molar-refractivity contribution in [2.75, 3.05) is 6.54 Å². The van der Waals surface area contributed by atoms with Crippen LogP contribution in [-0.2, 0) is 14.8 Å². The van der Waals surface area contributed by atoms with Gasteiger partial charge in [0.1, 0.15) is 0 Å². The van der Waals surface area contributed by atoms with Crippen LogP contribution >= 0.6 is 11.6 Å². The van der Waals surface area contributed by atoms with Crippen molar-refractivity contribution in [2.24, 2.45) is 0 Å². The highest BCUT2D eigenvalue weighted by Gasteiger charge is 2.28. The number of rotatable bonds is 5. The van der Waals surface area contributed by atoms with Gasteiger partial charge in [0.05, 0.1) is 6.04 Å². The van der Waals surface area contributed by atoms with Crippen LogP contribution in [0.2, 0.25) is 5.02 Å². The number of carbonyl (C=O) groups is 1. The van der Waals surface area contributed by atoms with Gasteiger partial charge < -0.3 is 4.90 Å². The first-order valence-corrected chi connectivity index (χ1v) is 9.97. The number of halogens is 1. The van der Waals surface area contributed by atoms with Gasteiger partial charge in [-0.15, -0.1) is 0 Å².